The summed E-state index contributed by atoms with van der Waals surface area (Å²) < 4.78 is 0. The van der Waals surface area contributed by atoms with Crippen molar-refractivity contribution >= 4 is 11.7 Å². The third-order valence-corrected chi connectivity index (χ3v) is 2.35. The van der Waals surface area contributed by atoms with E-state index in [0.717, 1.165) is 5.56 Å². The normalized spacial score (nSPS) is 11.4. The molecule has 82 valence electrons. The first-order valence-corrected chi connectivity index (χ1v) is 4.91. The van der Waals surface area contributed by atoms with E-state index in [1.54, 1.807) is 6.07 Å². The molecule has 0 saturated carbocycles. The van der Waals surface area contributed by atoms with Gasteiger partial charge in [0.15, 0.2) is 0 Å². The van der Waals surface area contributed by atoms with Crippen LogP contribution in [0.3, 0.4) is 0 Å². The molecule has 1 aromatic carbocycles. The molecule has 0 saturated heterocycles. The number of hydrogen-bond donors (Lipinski definition) is 2. The molecule has 0 aliphatic rings. The third-order valence-electron chi connectivity index (χ3n) is 2.35. The Labute approximate surface area is 89.9 Å². The summed E-state index contributed by atoms with van der Waals surface area (Å²) >= 11 is 0. The first kappa shape index (κ1) is 11.6. The lowest BCUT2D eigenvalue weighted by molar-refractivity contribution is -0.136. The third kappa shape index (κ3) is 2.98. The molecule has 0 heterocycles. The number of nitrogens with two attached hydrogens (primary N) is 1. The number of anilines is 1. The van der Waals surface area contributed by atoms with Crippen LogP contribution in [0, 0.1) is 0 Å². The second kappa shape index (κ2) is 3.93. The first-order valence-electron chi connectivity index (χ1n) is 4.91. The molecule has 15 heavy (non-hydrogen) atoms. The molecule has 0 aliphatic carbocycles. The van der Waals surface area contributed by atoms with Crippen LogP contribution >= 0.6 is 0 Å². The van der Waals surface area contributed by atoms with Gasteiger partial charge < -0.3 is 10.8 Å². The monoisotopic (exact) mass is 207 g/mol. The van der Waals surface area contributed by atoms with Crippen molar-refractivity contribution in [2.24, 2.45) is 0 Å². The Bertz CT molecular complexity index is 378. The molecule has 0 fully saturated rings. The first-order chi connectivity index (χ1) is 6.80. The summed E-state index contributed by atoms with van der Waals surface area (Å²) in [6, 6.07) is 5.60. The van der Waals surface area contributed by atoms with Crippen LogP contribution < -0.4 is 5.73 Å². The molecule has 0 aromatic heterocycles. The fourth-order valence-corrected chi connectivity index (χ4v) is 1.39. The highest BCUT2D eigenvalue weighted by Crippen LogP contribution is 2.25. The molecule has 1 aromatic rings. The van der Waals surface area contributed by atoms with Crippen LogP contribution in [-0.4, -0.2) is 11.1 Å². The number of nitrogen functional groups attached to an aromatic ring is 1. The largest absolute Gasteiger partial charge is 0.481 e. The Morgan fingerprint density at radius 3 is 2.47 bits per heavy atom. The van der Waals surface area contributed by atoms with Crippen molar-refractivity contribution in [2.75, 3.05) is 5.73 Å². The number of hydrogen-bond acceptors (Lipinski definition) is 2. The summed E-state index contributed by atoms with van der Waals surface area (Å²) in [5.74, 6) is -0.854. The van der Waals surface area contributed by atoms with Crippen LogP contribution in [-0.2, 0) is 16.6 Å². The minimum atomic E-state index is -0.854. The Morgan fingerprint density at radius 2 is 2.00 bits per heavy atom. The van der Waals surface area contributed by atoms with Crippen molar-refractivity contribution in [2.45, 2.75) is 32.6 Å². The lowest BCUT2D eigenvalue weighted by Gasteiger charge is -2.20. The van der Waals surface area contributed by atoms with Gasteiger partial charge in [-0.25, -0.2) is 0 Å². The quantitative estimate of drug-likeness (QED) is 0.731. The minimum Gasteiger partial charge on any atom is -0.481 e. The second-order valence-electron chi connectivity index (χ2n) is 4.73. The van der Waals surface area contributed by atoms with Crippen molar-refractivity contribution in [3.63, 3.8) is 0 Å². The van der Waals surface area contributed by atoms with Gasteiger partial charge in [-0.15, -0.1) is 0 Å². The summed E-state index contributed by atoms with van der Waals surface area (Å²) in [7, 11) is 0. The maximum atomic E-state index is 10.6. The molecule has 0 bridgehead atoms. The Kier molecular flexibility index (Phi) is 3.03. The van der Waals surface area contributed by atoms with Gasteiger partial charge in [-0.2, -0.15) is 0 Å². The van der Waals surface area contributed by atoms with E-state index < -0.39 is 5.97 Å². The van der Waals surface area contributed by atoms with Gasteiger partial charge in [-0.1, -0.05) is 32.9 Å². The predicted molar refractivity (Wildman–Crippen MR) is 60.9 cm³/mol. The number of carboxylic acid groups (broad SMARTS) is 1. The maximum Gasteiger partial charge on any atom is 0.307 e. The number of rotatable bonds is 2. The molecule has 0 spiro atoms. The van der Waals surface area contributed by atoms with Gasteiger partial charge in [-0.05, 0) is 22.6 Å². The van der Waals surface area contributed by atoms with E-state index in [2.05, 4.69) is 20.8 Å². The van der Waals surface area contributed by atoms with Gasteiger partial charge in [0.05, 0.1) is 6.42 Å². The molecule has 1 rings (SSSR count). The highest BCUT2D eigenvalue weighted by Gasteiger charge is 2.15. The SMILES string of the molecule is CC(C)(C)c1ccc(N)c(CC(=O)O)c1. The van der Waals surface area contributed by atoms with E-state index in [1.807, 2.05) is 12.1 Å². The number of benzene rings is 1. The van der Waals surface area contributed by atoms with Gasteiger partial charge >= 0.3 is 5.97 Å². The van der Waals surface area contributed by atoms with Gasteiger partial charge in [-0.3, -0.25) is 4.79 Å². The Balaban J connectivity index is 3.11. The van der Waals surface area contributed by atoms with Gasteiger partial charge in [0.25, 0.3) is 0 Å². The summed E-state index contributed by atoms with van der Waals surface area (Å²) in [4.78, 5) is 10.6. The van der Waals surface area contributed by atoms with E-state index >= 15 is 0 Å². The standard InChI is InChI=1S/C12H17NO2/c1-12(2,3)9-4-5-10(13)8(6-9)7-11(14)15/h4-6H,7,13H2,1-3H3,(H,14,15). The van der Waals surface area contributed by atoms with Crippen molar-refractivity contribution in [3.8, 4) is 0 Å². The topological polar surface area (TPSA) is 63.3 Å². The van der Waals surface area contributed by atoms with Crippen LogP contribution in [0.2, 0.25) is 0 Å². The van der Waals surface area contributed by atoms with Crippen molar-refractivity contribution in [1.29, 1.82) is 0 Å². The molecule has 0 amide bonds. The van der Waals surface area contributed by atoms with Crippen LogP contribution in [0.25, 0.3) is 0 Å². The summed E-state index contributed by atoms with van der Waals surface area (Å²) in [6.45, 7) is 6.26. The molecule has 0 atom stereocenters. The van der Waals surface area contributed by atoms with E-state index in [9.17, 15) is 4.79 Å². The zero-order valence-electron chi connectivity index (χ0n) is 9.37. The van der Waals surface area contributed by atoms with Crippen molar-refractivity contribution < 1.29 is 9.90 Å². The summed E-state index contributed by atoms with van der Waals surface area (Å²) in [5.41, 5.74) is 8.07. The molecule has 3 heteroatoms. The number of carboxylic acids is 1. The zero-order valence-corrected chi connectivity index (χ0v) is 9.37. The van der Waals surface area contributed by atoms with Crippen LogP contribution in [0.4, 0.5) is 5.69 Å². The van der Waals surface area contributed by atoms with Crippen LogP contribution in [0.5, 0.6) is 0 Å². The molecule has 0 radical (unpaired) electrons. The van der Waals surface area contributed by atoms with Gasteiger partial charge in [0.2, 0.25) is 0 Å². The van der Waals surface area contributed by atoms with E-state index in [0.29, 0.717) is 11.3 Å². The minimum absolute atomic E-state index is 0.0148. The van der Waals surface area contributed by atoms with E-state index in [4.69, 9.17) is 10.8 Å². The molecule has 3 nitrogen and oxygen atoms in total. The number of aliphatic carboxylic acids is 1. The number of carbonyl (C=O) groups is 1. The molecular formula is C12H17NO2. The molecule has 3 N–H and O–H groups in total. The van der Waals surface area contributed by atoms with E-state index in [-0.39, 0.29) is 11.8 Å². The fraction of sp³-hybridized carbons (Fsp3) is 0.417. The maximum absolute atomic E-state index is 10.6. The average Bonchev–Trinajstić information content (AvgIpc) is 2.06. The summed E-state index contributed by atoms with van der Waals surface area (Å²) in [5, 5.41) is 8.73. The molecular weight excluding hydrogens is 190 g/mol. The van der Waals surface area contributed by atoms with Gasteiger partial charge in [0.1, 0.15) is 0 Å². The Hall–Kier alpha value is -1.51. The lowest BCUT2D eigenvalue weighted by Crippen LogP contribution is -2.13. The predicted octanol–water partition coefficient (Wildman–Crippen LogP) is 2.19. The fourth-order valence-electron chi connectivity index (χ4n) is 1.39. The Morgan fingerprint density at radius 1 is 1.40 bits per heavy atom. The van der Waals surface area contributed by atoms with Crippen molar-refractivity contribution in [1.82, 2.24) is 0 Å². The van der Waals surface area contributed by atoms with Crippen molar-refractivity contribution in [3.05, 3.63) is 29.3 Å². The van der Waals surface area contributed by atoms with Gasteiger partial charge in [0, 0.05) is 5.69 Å². The summed E-state index contributed by atoms with van der Waals surface area (Å²) in [6.07, 6.45) is -0.0181. The highest BCUT2D eigenvalue weighted by atomic mass is 16.4. The highest BCUT2D eigenvalue weighted by molar-refractivity contribution is 5.73. The smallest absolute Gasteiger partial charge is 0.307 e. The van der Waals surface area contributed by atoms with Crippen LogP contribution in [0.15, 0.2) is 18.2 Å². The lowest BCUT2D eigenvalue weighted by atomic mass is 9.85. The average molecular weight is 207 g/mol. The molecule has 0 unspecified atom stereocenters. The van der Waals surface area contributed by atoms with Crippen LogP contribution in [0.1, 0.15) is 31.9 Å². The molecule has 0 aliphatic heterocycles. The zero-order chi connectivity index (χ0) is 11.6. The second-order valence-corrected chi connectivity index (χ2v) is 4.73. The van der Waals surface area contributed by atoms with E-state index in [1.165, 1.54) is 0 Å².